The largest absolute Gasteiger partial charge is 0.496 e. The molecule has 0 fully saturated rings. The van der Waals surface area contributed by atoms with E-state index in [-0.39, 0.29) is 0 Å². The zero-order valence-electron chi connectivity index (χ0n) is 19.2. The molecule has 182 valence electrons. The maximum absolute atomic E-state index is 12.8. The van der Waals surface area contributed by atoms with E-state index in [9.17, 15) is 18.0 Å². The number of carbonyl (C=O) groups excluding carboxylic acids is 1. The van der Waals surface area contributed by atoms with Crippen molar-refractivity contribution in [3.8, 4) is 23.1 Å². The molecule has 34 heavy (non-hydrogen) atoms. The monoisotopic (exact) mass is 477 g/mol. The molecule has 0 atom stereocenters. The van der Waals surface area contributed by atoms with Crippen LogP contribution in [0, 0.1) is 0 Å². The van der Waals surface area contributed by atoms with Crippen LogP contribution in [0.5, 0.6) is 17.2 Å². The van der Waals surface area contributed by atoms with E-state index in [4.69, 9.17) is 14.2 Å². The van der Waals surface area contributed by atoms with E-state index in [1.165, 1.54) is 24.8 Å². The number of aromatic nitrogens is 3. The first kappa shape index (κ1) is 25.1. The molecule has 0 saturated carbocycles. The average Bonchev–Trinajstić information content (AvgIpc) is 3.18. The van der Waals surface area contributed by atoms with Crippen LogP contribution in [0.1, 0.15) is 43.5 Å². The van der Waals surface area contributed by atoms with Crippen LogP contribution >= 0.6 is 0 Å². The summed E-state index contributed by atoms with van der Waals surface area (Å²) in [5.41, 5.74) is 1.06. The minimum atomic E-state index is -4.43. The fourth-order valence-corrected chi connectivity index (χ4v) is 3.33. The van der Waals surface area contributed by atoms with E-state index in [0.29, 0.717) is 42.5 Å². The van der Waals surface area contributed by atoms with Crippen molar-refractivity contribution in [1.29, 1.82) is 0 Å². The molecule has 0 aliphatic carbocycles. The Labute approximate surface area is 195 Å². The average molecular weight is 477 g/mol. The molecule has 0 bridgehead atoms. The van der Waals surface area contributed by atoms with Crippen LogP contribution in [0.4, 0.5) is 13.2 Å². The molecular weight excluding hydrogens is 451 g/mol. The summed E-state index contributed by atoms with van der Waals surface area (Å²) in [6, 6.07) is 7.21. The molecule has 0 unspecified atom stereocenters. The van der Waals surface area contributed by atoms with Gasteiger partial charge in [-0.05, 0) is 37.0 Å². The first-order valence-electron chi connectivity index (χ1n) is 10.8. The Bertz CT molecular complexity index is 1110. The minimum Gasteiger partial charge on any atom is -0.496 e. The number of carbonyl (C=O) groups is 1. The van der Waals surface area contributed by atoms with Gasteiger partial charge in [0.15, 0.2) is 5.82 Å². The number of halogens is 3. The summed E-state index contributed by atoms with van der Waals surface area (Å²) in [7, 11) is 1.51. The van der Waals surface area contributed by atoms with Gasteiger partial charge >= 0.3 is 12.1 Å². The first-order chi connectivity index (χ1) is 16.2. The van der Waals surface area contributed by atoms with Crippen LogP contribution in [-0.4, -0.2) is 34.5 Å². The number of hydrogen-bond acceptors (Lipinski definition) is 6. The summed E-state index contributed by atoms with van der Waals surface area (Å²) in [6.45, 7) is 3.74. The van der Waals surface area contributed by atoms with Gasteiger partial charge in [-0.15, -0.1) is 0 Å². The third-order valence-corrected chi connectivity index (χ3v) is 4.88. The molecule has 0 saturated heterocycles. The summed E-state index contributed by atoms with van der Waals surface area (Å²) in [5.74, 6) is 1.22. The van der Waals surface area contributed by atoms with Gasteiger partial charge in [-0.25, -0.2) is 9.67 Å². The Kier molecular flexibility index (Phi) is 8.14. The number of hydrogen-bond donors (Lipinski definition) is 0. The Balaban J connectivity index is 1.66. The zero-order chi connectivity index (χ0) is 24.7. The van der Waals surface area contributed by atoms with E-state index in [2.05, 4.69) is 10.1 Å². The van der Waals surface area contributed by atoms with Gasteiger partial charge in [-0.1, -0.05) is 13.3 Å². The van der Waals surface area contributed by atoms with Gasteiger partial charge in [0.05, 0.1) is 25.0 Å². The molecule has 0 radical (unpaired) electrons. The molecular formula is C24H26F3N3O4. The predicted molar refractivity (Wildman–Crippen MR) is 118 cm³/mol. The van der Waals surface area contributed by atoms with Crippen molar-refractivity contribution in [3.63, 3.8) is 0 Å². The van der Waals surface area contributed by atoms with Crippen molar-refractivity contribution < 1.29 is 32.2 Å². The molecule has 0 aliphatic rings. The highest BCUT2D eigenvalue weighted by atomic mass is 19.4. The fraction of sp³-hybridized carbons (Fsp3) is 0.375. The van der Waals surface area contributed by atoms with Crippen LogP contribution in [0.15, 0.2) is 42.7 Å². The molecule has 10 heteroatoms. The van der Waals surface area contributed by atoms with Gasteiger partial charge in [0.2, 0.25) is 0 Å². The first-order valence-corrected chi connectivity index (χ1v) is 10.8. The molecule has 7 nitrogen and oxygen atoms in total. The van der Waals surface area contributed by atoms with E-state index < -0.39 is 17.7 Å². The SMILES string of the molecule is CCCc1nn(-c2ccc(C(F)(F)F)cn2)cc1CCCOc1cc(OC)cc(OC(C)=O)c1. The van der Waals surface area contributed by atoms with Gasteiger partial charge in [0, 0.05) is 37.5 Å². The van der Waals surface area contributed by atoms with Crippen LogP contribution in [-0.2, 0) is 23.8 Å². The number of esters is 1. The standard InChI is InChI=1S/C24H26F3N3O4/c1-4-6-22-17(15-30(29-22)23-9-8-18(14-28-23)24(25,26)27)7-5-10-33-20-11-19(32-3)12-21(13-20)34-16(2)31/h8-9,11-15H,4-7,10H2,1-3H3. The molecule has 3 aromatic rings. The third kappa shape index (κ3) is 6.72. The smallest absolute Gasteiger partial charge is 0.417 e. The van der Waals surface area contributed by atoms with E-state index in [1.807, 2.05) is 6.92 Å². The highest BCUT2D eigenvalue weighted by molar-refractivity contribution is 5.69. The number of nitrogens with zero attached hydrogens (tertiary/aromatic N) is 3. The van der Waals surface area contributed by atoms with Crippen LogP contribution in [0.3, 0.4) is 0 Å². The van der Waals surface area contributed by atoms with Crippen LogP contribution in [0.2, 0.25) is 0 Å². The van der Waals surface area contributed by atoms with Crippen molar-refractivity contribution in [2.75, 3.05) is 13.7 Å². The molecule has 0 amide bonds. The van der Waals surface area contributed by atoms with Crippen molar-refractivity contribution in [2.45, 2.75) is 45.7 Å². The van der Waals surface area contributed by atoms with Crippen molar-refractivity contribution in [3.05, 3.63) is 59.5 Å². The maximum Gasteiger partial charge on any atom is 0.417 e. The quantitative estimate of drug-likeness (QED) is 0.227. The highest BCUT2D eigenvalue weighted by Crippen LogP contribution is 2.29. The van der Waals surface area contributed by atoms with E-state index >= 15 is 0 Å². The second-order valence-corrected chi connectivity index (χ2v) is 7.59. The number of aryl methyl sites for hydroxylation is 2. The summed E-state index contributed by atoms with van der Waals surface area (Å²) >= 11 is 0. The Morgan fingerprint density at radius 3 is 2.44 bits per heavy atom. The topological polar surface area (TPSA) is 75.5 Å². The molecule has 2 heterocycles. The maximum atomic E-state index is 12.8. The minimum absolute atomic E-state index is 0.322. The number of alkyl halides is 3. The van der Waals surface area contributed by atoms with Crippen LogP contribution < -0.4 is 14.2 Å². The molecule has 0 aliphatic heterocycles. The van der Waals surface area contributed by atoms with Crippen molar-refractivity contribution >= 4 is 5.97 Å². The lowest BCUT2D eigenvalue weighted by Crippen LogP contribution is -2.07. The Hall–Kier alpha value is -3.56. The molecule has 0 N–H and O–H groups in total. The molecule has 1 aromatic carbocycles. The summed E-state index contributed by atoms with van der Waals surface area (Å²) < 4.78 is 56.1. The van der Waals surface area contributed by atoms with Crippen LogP contribution in [0.25, 0.3) is 5.82 Å². The number of methoxy groups -OCH3 is 1. The Morgan fingerprint density at radius 2 is 1.82 bits per heavy atom. The van der Waals surface area contributed by atoms with Gasteiger partial charge in [-0.2, -0.15) is 18.3 Å². The van der Waals surface area contributed by atoms with E-state index in [1.54, 1.807) is 24.4 Å². The lowest BCUT2D eigenvalue weighted by atomic mass is 10.1. The third-order valence-electron chi connectivity index (χ3n) is 4.88. The van der Waals surface area contributed by atoms with Crippen molar-refractivity contribution in [2.24, 2.45) is 0 Å². The molecule has 0 spiro atoms. The Morgan fingerprint density at radius 1 is 1.09 bits per heavy atom. The zero-order valence-corrected chi connectivity index (χ0v) is 19.2. The fourth-order valence-electron chi connectivity index (χ4n) is 3.33. The summed E-state index contributed by atoms with van der Waals surface area (Å²) in [5, 5.41) is 4.53. The van der Waals surface area contributed by atoms with Gasteiger partial charge in [-0.3, -0.25) is 4.79 Å². The molecule has 2 aromatic heterocycles. The van der Waals surface area contributed by atoms with Gasteiger partial charge in [0.1, 0.15) is 17.2 Å². The summed E-state index contributed by atoms with van der Waals surface area (Å²) in [4.78, 5) is 15.1. The number of ether oxygens (including phenoxy) is 3. The number of rotatable bonds is 10. The van der Waals surface area contributed by atoms with E-state index in [0.717, 1.165) is 36.4 Å². The lowest BCUT2D eigenvalue weighted by molar-refractivity contribution is -0.138. The highest BCUT2D eigenvalue weighted by Gasteiger charge is 2.30. The second-order valence-electron chi connectivity index (χ2n) is 7.59. The summed E-state index contributed by atoms with van der Waals surface area (Å²) in [6.07, 6.45) is 1.12. The second kappa shape index (κ2) is 11.0. The number of pyridine rings is 1. The van der Waals surface area contributed by atoms with Crippen molar-refractivity contribution in [1.82, 2.24) is 14.8 Å². The van der Waals surface area contributed by atoms with Gasteiger partial charge < -0.3 is 14.2 Å². The predicted octanol–water partition coefficient (Wildman–Crippen LogP) is 5.18. The number of benzene rings is 1. The lowest BCUT2D eigenvalue weighted by Gasteiger charge is -2.10. The normalized spacial score (nSPS) is 11.4. The van der Waals surface area contributed by atoms with Gasteiger partial charge in [0.25, 0.3) is 0 Å². The molecule has 3 rings (SSSR count).